The quantitative estimate of drug-likeness (QED) is 0.461. The van der Waals surface area contributed by atoms with Crippen molar-refractivity contribution in [2.45, 2.75) is 47.1 Å². The number of carbonyl (C=O) groups excluding carboxylic acids is 1. The van der Waals surface area contributed by atoms with E-state index in [0.29, 0.717) is 17.8 Å². The Morgan fingerprint density at radius 1 is 1.09 bits per heavy atom. The Bertz CT molecular complexity index is 1420. The molecule has 0 aliphatic heterocycles. The standard InChI is InChI=1S/C26H27FN4O2/c1-5-30-25-24(18(4)29-31(25)21-11-6-8-16(2)14-21)17(3)22(26(30)33)12-13-23(32)28-20-10-7-9-19(27)15-20/h6-11,14-15H,5,12-13H2,1-4H3,(H,28,32). The average molecular weight is 447 g/mol. The highest BCUT2D eigenvalue weighted by molar-refractivity contribution is 5.91. The molecule has 0 bridgehead atoms. The van der Waals surface area contributed by atoms with Crippen LogP contribution in [0.4, 0.5) is 10.1 Å². The van der Waals surface area contributed by atoms with E-state index in [9.17, 15) is 14.0 Å². The van der Waals surface area contributed by atoms with Crippen LogP contribution in [0.1, 0.15) is 35.7 Å². The summed E-state index contributed by atoms with van der Waals surface area (Å²) in [7, 11) is 0. The summed E-state index contributed by atoms with van der Waals surface area (Å²) in [5, 5.41) is 8.38. The van der Waals surface area contributed by atoms with Crippen LogP contribution in [-0.4, -0.2) is 20.3 Å². The van der Waals surface area contributed by atoms with Gasteiger partial charge in [0.05, 0.1) is 11.4 Å². The summed E-state index contributed by atoms with van der Waals surface area (Å²) in [6.07, 6.45) is 0.406. The Labute approximate surface area is 191 Å². The highest BCUT2D eigenvalue weighted by Gasteiger charge is 2.21. The van der Waals surface area contributed by atoms with Crippen LogP contribution in [0.2, 0.25) is 0 Å². The molecule has 2 heterocycles. The molecule has 0 saturated carbocycles. The molecule has 1 amide bonds. The fraction of sp³-hybridized carbons (Fsp3) is 0.269. The summed E-state index contributed by atoms with van der Waals surface area (Å²) in [6, 6.07) is 13.8. The van der Waals surface area contributed by atoms with Gasteiger partial charge in [-0.25, -0.2) is 9.07 Å². The second-order valence-corrected chi connectivity index (χ2v) is 8.25. The lowest BCUT2D eigenvalue weighted by atomic mass is 10.0. The summed E-state index contributed by atoms with van der Waals surface area (Å²) in [5.41, 5.74) is 5.32. The van der Waals surface area contributed by atoms with E-state index < -0.39 is 5.82 Å². The smallest absolute Gasteiger partial charge is 0.255 e. The predicted molar refractivity (Wildman–Crippen MR) is 129 cm³/mol. The van der Waals surface area contributed by atoms with Gasteiger partial charge < -0.3 is 5.32 Å². The molecule has 4 rings (SSSR count). The molecule has 7 heteroatoms. The Balaban J connectivity index is 1.72. The minimum atomic E-state index is -0.416. The van der Waals surface area contributed by atoms with Gasteiger partial charge >= 0.3 is 0 Å². The third-order valence-corrected chi connectivity index (χ3v) is 5.90. The predicted octanol–water partition coefficient (Wildman–Crippen LogP) is 4.84. The Hall–Kier alpha value is -3.74. The Morgan fingerprint density at radius 3 is 2.55 bits per heavy atom. The van der Waals surface area contributed by atoms with E-state index in [1.807, 2.05) is 56.6 Å². The molecule has 33 heavy (non-hydrogen) atoms. The number of halogens is 1. The van der Waals surface area contributed by atoms with Gasteiger partial charge in [-0.15, -0.1) is 0 Å². The van der Waals surface area contributed by atoms with Crippen molar-refractivity contribution in [2.24, 2.45) is 0 Å². The topological polar surface area (TPSA) is 68.9 Å². The largest absolute Gasteiger partial charge is 0.326 e. The number of amides is 1. The molecule has 0 aliphatic rings. The van der Waals surface area contributed by atoms with Gasteiger partial charge in [0.1, 0.15) is 11.5 Å². The lowest BCUT2D eigenvalue weighted by molar-refractivity contribution is -0.116. The monoisotopic (exact) mass is 446 g/mol. The fourth-order valence-electron chi connectivity index (χ4n) is 4.33. The molecule has 0 unspecified atom stereocenters. The number of carbonyl (C=O) groups is 1. The zero-order valence-electron chi connectivity index (χ0n) is 19.3. The molecular weight excluding hydrogens is 419 g/mol. The van der Waals surface area contributed by atoms with Crippen LogP contribution in [0.25, 0.3) is 16.7 Å². The summed E-state index contributed by atoms with van der Waals surface area (Å²) >= 11 is 0. The molecule has 0 aliphatic carbocycles. The minimum absolute atomic E-state index is 0.116. The van der Waals surface area contributed by atoms with Crippen molar-refractivity contribution < 1.29 is 9.18 Å². The number of benzene rings is 2. The molecule has 4 aromatic rings. The summed E-state index contributed by atoms with van der Waals surface area (Å²) in [5.74, 6) is -0.684. The van der Waals surface area contributed by atoms with E-state index in [2.05, 4.69) is 5.32 Å². The van der Waals surface area contributed by atoms with Crippen molar-refractivity contribution in [1.29, 1.82) is 0 Å². The molecule has 0 atom stereocenters. The van der Waals surface area contributed by atoms with E-state index in [1.165, 1.54) is 18.2 Å². The summed E-state index contributed by atoms with van der Waals surface area (Å²) in [6.45, 7) is 8.28. The maximum atomic E-state index is 13.5. The SMILES string of the molecule is CCn1c(=O)c(CCC(=O)Nc2cccc(F)c2)c(C)c2c(C)nn(-c3cccc(C)c3)c21. The van der Waals surface area contributed by atoms with E-state index in [-0.39, 0.29) is 24.3 Å². The van der Waals surface area contributed by atoms with Gasteiger partial charge in [-0.1, -0.05) is 18.2 Å². The number of nitrogens with one attached hydrogen (secondary N) is 1. The molecule has 0 radical (unpaired) electrons. The van der Waals surface area contributed by atoms with Crippen LogP contribution < -0.4 is 10.9 Å². The summed E-state index contributed by atoms with van der Waals surface area (Å²) in [4.78, 5) is 25.9. The van der Waals surface area contributed by atoms with E-state index in [4.69, 9.17) is 5.10 Å². The molecule has 0 spiro atoms. The molecule has 6 nitrogen and oxygen atoms in total. The molecule has 2 aromatic carbocycles. The molecular formula is C26H27FN4O2. The average Bonchev–Trinajstić information content (AvgIpc) is 3.11. The fourth-order valence-corrected chi connectivity index (χ4v) is 4.33. The van der Waals surface area contributed by atoms with E-state index in [0.717, 1.165) is 33.5 Å². The van der Waals surface area contributed by atoms with Crippen molar-refractivity contribution in [2.75, 3.05) is 5.32 Å². The molecule has 170 valence electrons. The highest BCUT2D eigenvalue weighted by Crippen LogP contribution is 2.26. The molecule has 0 fully saturated rings. The second-order valence-electron chi connectivity index (χ2n) is 8.25. The zero-order valence-corrected chi connectivity index (χ0v) is 19.3. The Kier molecular flexibility index (Phi) is 6.14. The molecule has 1 N–H and O–H groups in total. The van der Waals surface area contributed by atoms with E-state index >= 15 is 0 Å². The zero-order chi connectivity index (χ0) is 23.7. The van der Waals surface area contributed by atoms with Gasteiger partial charge in [0.25, 0.3) is 5.56 Å². The number of rotatable bonds is 6. The van der Waals surface area contributed by atoms with Crippen LogP contribution in [0.5, 0.6) is 0 Å². The number of pyridine rings is 1. The maximum absolute atomic E-state index is 13.5. The number of hydrogen-bond donors (Lipinski definition) is 1. The lowest BCUT2D eigenvalue weighted by Crippen LogP contribution is -2.27. The molecule has 0 saturated heterocycles. The van der Waals surface area contributed by atoms with Crippen molar-refractivity contribution in [3.8, 4) is 5.69 Å². The Morgan fingerprint density at radius 2 is 1.85 bits per heavy atom. The van der Waals surface area contributed by atoms with Gasteiger partial charge in [0.15, 0.2) is 0 Å². The van der Waals surface area contributed by atoms with Gasteiger partial charge in [-0.3, -0.25) is 14.2 Å². The number of anilines is 1. The second kappa shape index (κ2) is 9.02. The van der Waals surface area contributed by atoms with Crippen molar-refractivity contribution in [1.82, 2.24) is 14.3 Å². The first kappa shape index (κ1) is 22.5. The minimum Gasteiger partial charge on any atom is -0.326 e. The first-order valence-corrected chi connectivity index (χ1v) is 11.0. The lowest BCUT2D eigenvalue weighted by Gasteiger charge is -2.15. The summed E-state index contributed by atoms with van der Waals surface area (Å²) < 4.78 is 16.9. The van der Waals surface area contributed by atoms with Gasteiger partial charge in [-0.05, 0) is 75.6 Å². The van der Waals surface area contributed by atoms with Crippen molar-refractivity contribution in [3.05, 3.63) is 87.1 Å². The number of hydrogen-bond acceptors (Lipinski definition) is 3. The van der Waals surface area contributed by atoms with Crippen LogP contribution in [-0.2, 0) is 17.8 Å². The van der Waals surface area contributed by atoms with Gasteiger partial charge in [0, 0.05) is 29.6 Å². The molecule has 2 aromatic heterocycles. The van der Waals surface area contributed by atoms with Crippen molar-refractivity contribution >= 4 is 22.6 Å². The normalized spacial score (nSPS) is 11.2. The highest BCUT2D eigenvalue weighted by atomic mass is 19.1. The van der Waals surface area contributed by atoms with Crippen LogP contribution in [0, 0.1) is 26.6 Å². The van der Waals surface area contributed by atoms with Gasteiger partial charge in [-0.2, -0.15) is 5.10 Å². The van der Waals surface area contributed by atoms with Crippen LogP contribution >= 0.6 is 0 Å². The van der Waals surface area contributed by atoms with Crippen molar-refractivity contribution in [3.63, 3.8) is 0 Å². The van der Waals surface area contributed by atoms with Gasteiger partial charge in [0.2, 0.25) is 5.91 Å². The third-order valence-electron chi connectivity index (χ3n) is 5.90. The van der Waals surface area contributed by atoms with Crippen LogP contribution in [0.3, 0.4) is 0 Å². The number of aromatic nitrogens is 3. The maximum Gasteiger partial charge on any atom is 0.255 e. The first-order valence-electron chi connectivity index (χ1n) is 11.0. The number of fused-ring (bicyclic) bond motifs is 1. The number of nitrogens with zero attached hydrogens (tertiary/aromatic N) is 3. The number of aryl methyl sites for hydroxylation is 4. The van der Waals surface area contributed by atoms with Crippen LogP contribution in [0.15, 0.2) is 53.3 Å². The third kappa shape index (κ3) is 4.31. The van der Waals surface area contributed by atoms with E-state index in [1.54, 1.807) is 10.6 Å². The first-order chi connectivity index (χ1) is 15.8.